The van der Waals surface area contributed by atoms with Gasteiger partial charge in [0.1, 0.15) is 5.78 Å². The van der Waals surface area contributed by atoms with Gasteiger partial charge in [0, 0.05) is 12.8 Å². The van der Waals surface area contributed by atoms with E-state index in [-0.39, 0.29) is 0 Å². The first kappa shape index (κ1) is 6.14. The van der Waals surface area contributed by atoms with Crippen LogP contribution in [0.2, 0.25) is 0 Å². The van der Waals surface area contributed by atoms with E-state index in [1.54, 1.807) is 5.57 Å². The van der Waals surface area contributed by atoms with Crippen molar-refractivity contribution in [3.63, 3.8) is 0 Å². The van der Waals surface area contributed by atoms with E-state index >= 15 is 0 Å². The van der Waals surface area contributed by atoms with Crippen molar-refractivity contribution in [3.05, 3.63) is 11.1 Å². The van der Waals surface area contributed by atoms with Crippen LogP contribution in [0.15, 0.2) is 11.1 Å². The highest BCUT2D eigenvalue weighted by Crippen LogP contribution is 2.34. The number of rotatable bonds is 0. The van der Waals surface area contributed by atoms with Gasteiger partial charge in [0.2, 0.25) is 0 Å². The summed E-state index contributed by atoms with van der Waals surface area (Å²) >= 11 is 0. The molecule has 0 atom stereocenters. The van der Waals surface area contributed by atoms with Crippen molar-refractivity contribution in [1.82, 2.24) is 0 Å². The molecule has 0 aromatic rings. The first-order chi connectivity index (χ1) is 4.86. The van der Waals surface area contributed by atoms with Gasteiger partial charge in [-0.2, -0.15) is 0 Å². The second-order valence-corrected chi connectivity index (χ2v) is 3.31. The van der Waals surface area contributed by atoms with Crippen molar-refractivity contribution >= 4 is 5.78 Å². The molecule has 2 aliphatic rings. The van der Waals surface area contributed by atoms with Crippen LogP contribution in [0.5, 0.6) is 0 Å². The predicted octanol–water partition coefficient (Wildman–Crippen LogP) is 2.22. The van der Waals surface area contributed by atoms with Crippen molar-refractivity contribution in [2.24, 2.45) is 0 Å². The summed E-state index contributed by atoms with van der Waals surface area (Å²) in [6.45, 7) is 0. The zero-order chi connectivity index (χ0) is 6.97. The average molecular weight is 136 g/mol. The Morgan fingerprint density at radius 3 is 2.00 bits per heavy atom. The van der Waals surface area contributed by atoms with Crippen LogP contribution in [0.3, 0.4) is 0 Å². The van der Waals surface area contributed by atoms with E-state index in [1.807, 2.05) is 0 Å². The van der Waals surface area contributed by atoms with Gasteiger partial charge >= 0.3 is 0 Å². The second kappa shape index (κ2) is 2.22. The molecule has 54 valence electrons. The lowest BCUT2D eigenvalue weighted by Gasteiger charge is -2.18. The lowest BCUT2D eigenvalue weighted by atomic mass is 9.86. The minimum atomic E-state index is 0.439. The molecule has 0 bridgehead atoms. The van der Waals surface area contributed by atoms with Gasteiger partial charge in [0.25, 0.3) is 0 Å². The molecule has 2 saturated carbocycles. The molecule has 0 aromatic heterocycles. The Hall–Kier alpha value is -0.590. The number of hydrogen-bond donors (Lipinski definition) is 0. The van der Waals surface area contributed by atoms with Gasteiger partial charge in [0.05, 0.1) is 0 Å². The Morgan fingerprint density at radius 1 is 0.900 bits per heavy atom. The number of hydrogen-bond acceptors (Lipinski definition) is 1. The standard InChI is InChI=1S/C9H12O/c10-9-5-8(6-9)7-3-1-2-4-7/h1-6H2. The molecule has 0 spiro atoms. The summed E-state index contributed by atoms with van der Waals surface area (Å²) < 4.78 is 0. The lowest BCUT2D eigenvalue weighted by Crippen LogP contribution is -2.14. The maximum Gasteiger partial charge on any atom is 0.140 e. The zero-order valence-electron chi connectivity index (χ0n) is 6.15. The molecular weight excluding hydrogens is 124 g/mol. The van der Waals surface area contributed by atoms with Gasteiger partial charge in [-0.05, 0) is 25.7 Å². The molecule has 0 amide bonds. The fourth-order valence-electron chi connectivity index (χ4n) is 1.83. The van der Waals surface area contributed by atoms with Crippen molar-refractivity contribution in [2.45, 2.75) is 38.5 Å². The Kier molecular flexibility index (Phi) is 1.37. The van der Waals surface area contributed by atoms with E-state index in [9.17, 15) is 4.79 Å². The summed E-state index contributed by atoms with van der Waals surface area (Å²) in [5, 5.41) is 0. The monoisotopic (exact) mass is 136 g/mol. The molecule has 0 saturated heterocycles. The van der Waals surface area contributed by atoms with Crippen LogP contribution < -0.4 is 0 Å². The van der Waals surface area contributed by atoms with Gasteiger partial charge < -0.3 is 0 Å². The van der Waals surface area contributed by atoms with Crippen LogP contribution in [0.25, 0.3) is 0 Å². The highest BCUT2D eigenvalue weighted by molar-refractivity contribution is 5.91. The summed E-state index contributed by atoms with van der Waals surface area (Å²) in [6, 6.07) is 0. The fraction of sp³-hybridized carbons (Fsp3) is 0.667. The summed E-state index contributed by atoms with van der Waals surface area (Å²) in [5.74, 6) is 0.439. The SMILES string of the molecule is O=C1CC(=C2CCCC2)C1. The first-order valence-corrected chi connectivity index (χ1v) is 4.08. The molecule has 2 aliphatic carbocycles. The molecule has 0 heterocycles. The third kappa shape index (κ3) is 0.898. The van der Waals surface area contributed by atoms with E-state index in [1.165, 1.54) is 31.3 Å². The van der Waals surface area contributed by atoms with Crippen molar-refractivity contribution < 1.29 is 4.79 Å². The van der Waals surface area contributed by atoms with Gasteiger partial charge in [-0.15, -0.1) is 0 Å². The lowest BCUT2D eigenvalue weighted by molar-refractivity contribution is -0.120. The van der Waals surface area contributed by atoms with E-state index < -0.39 is 0 Å². The predicted molar refractivity (Wildman–Crippen MR) is 39.7 cm³/mol. The smallest absolute Gasteiger partial charge is 0.140 e. The molecular formula is C9H12O. The molecule has 1 nitrogen and oxygen atoms in total. The summed E-state index contributed by atoms with van der Waals surface area (Å²) in [6.07, 6.45) is 6.84. The first-order valence-electron chi connectivity index (χ1n) is 4.08. The Labute approximate surface area is 61.1 Å². The van der Waals surface area contributed by atoms with Gasteiger partial charge in [0.15, 0.2) is 0 Å². The van der Waals surface area contributed by atoms with Gasteiger partial charge in [-0.3, -0.25) is 4.79 Å². The quantitative estimate of drug-likeness (QED) is 0.467. The molecule has 2 fully saturated rings. The van der Waals surface area contributed by atoms with Crippen LogP contribution in [0.4, 0.5) is 0 Å². The number of allylic oxidation sites excluding steroid dienone is 2. The van der Waals surface area contributed by atoms with Crippen LogP contribution in [-0.2, 0) is 4.79 Å². The normalized spacial score (nSPS) is 25.4. The van der Waals surface area contributed by atoms with E-state index in [0.717, 1.165) is 12.8 Å². The topological polar surface area (TPSA) is 17.1 Å². The van der Waals surface area contributed by atoms with Crippen LogP contribution in [0, 0.1) is 0 Å². The molecule has 2 rings (SSSR count). The molecule has 10 heavy (non-hydrogen) atoms. The van der Waals surface area contributed by atoms with E-state index in [0.29, 0.717) is 5.78 Å². The van der Waals surface area contributed by atoms with E-state index in [2.05, 4.69) is 0 Å². The minimum absolute atomic E-state index is 0.439. The number of Topliss-reactive ketones (excluding diaryl/α,β-unsaturated/α-hetero) is 1. The summed E-state index contributed by atoms with van der Waals surface area (Å²) in [5.41, 5.74) is 3.09. The molecule has 0 aromatic carbocycles. The summed E-state index contributed by atoms with van der Waals surface area (Å²) in [4.78, 5) is 10.6. The molecule has 0 radical (unpaired) electrons. The Morgan fingerprint density at radius 2 is 1.50 bits per heavy atom. The molecule has 0 N–H and O–H groups in total. The van der Waals surface area contributed by atoms with Crippen molar-refractivity contribution in [1.29, 1.82) is 0 Å². The summed E-state index contributed by atoms with van der Waals surface area (Å²) in [7, 11) is 0. The number of carbonyl (C=O) groups excluding carboxylic acids is 1. The molecule has 0 aliphatic heterocycles. The zero-order valence-corrected chi connectivity index (χ0v) is 6.15. The molecule has 1 heteroatoms. The maximum absolute atomic E-state index is 10.6. The maximum atomic E-state index is 10.6. The van der Waals surface area contributed by atoms with Crippen LogP contribution >= 0.6 is 0 Å². The third-order valence-corrected chi connectivity index (χ3v) is 2.53. The number of ketones is 1. The fourth-order valence-corrected chi connectivity index (χ4v) is 1.83. The van der Waals surface area contributed by atoms with Crippen LogP contribution in [-0.4, -0.2) is 5.78 Å². The van der Waals surface area contributed by atoms with Crippen molar-refractivity contribution in [3.8, 4) is 0 Å². The number of carbonyl (C=O) groups is 1. The highest BCUT2D eigenvalue weighted by Gasteiger charge is 2.23. The largest absolute Gasteiger partial charge is 0.299 e. The second-order valence-electron chi connectivity index (χ2n) is 3.31. The average Bonchev–Trinajstić information content (AvgIpc) is 2.31. The highest BCUT2D eigenvalue weighted by atomic mass is 16.1. The van der Waals surface area contributed by atoms with Crippen molar-refractivity contribution in [2.75, 3.05) is 0 Å². The van der Waals surface area contributed by atoms with E-state index in [4.69, 9.17) is 0 Å². The van der Waals surface area contributed by atoms with Gasteiger partial charge in [-0.25, -0.2) is 0 Å². The minimum Gasteiger partial charge on any atom is -0.299 e. The third-order valence-electron chi connectivity index (χ3n) is 2.53. The molecule has 0 unspecified atom stereocenters. The van der Waals surface area contributed by atoms with Crippen LogP contribution in [0.1, 0.15) is 38.5 Å². The Bertz CT molecular complexity index is 183. The Balaban J connectivity index is 2.07. The van der Waals surface area contributed by atoms with Gasteiger partial charge in [-0.1, -0.05) is 11.1 Å².